The molecule has 0 heterocycles. The van der Waals surface area contributed by atoms with E-state index in [9.17, 15) is 9.18 Å². The highest BCUT2D eigenvalue weighted by Crippen LogP contribution is 2.16. The molecule has 1 aromatic carbocycles. The lowest BCUT2D eigenvalue weighted by Gasteiger charge is -2.02. The summed E-state index contributed by atoms with van der Waals surface area (Å²) in [7, 11) is 0. The number of esters is 1. The van der Waals surface area contributed by atoms with Gasteiger partial charge in [0, 0.05) is 6.42 Å². The van der Waals surface area contributed by atoms with Gasteiger partial charge in [-0.05, 0) is 31.0 Å². The molecule has 0 radical (unpaired) electrons. The van der Waals surface area contributed by atoms with Gasteiger partial charge in [0.2, 0.25) is 0 Å². The standard InChI is InChI=1S/C11H12ClFO2/c1-2-15-11(14)6-4-8-3-5-9(12)10(13)7-8/h3,5,7H,2,4,6H2,1H3. The van der Waals surface area contributed by atoms with Crippen molar-refractivity contribution < 1.29 is 13.9 Å². The number of ether oxygens (including phenoxy) is 1. The molecule has 0 aliphatic rings. The molecule has 15 heavy (non-hydrogen) atoms. The van der Waals surface area contributed by atoms with Gasteiger partial charge in [-0.3, -0.25) is 4.79 Å². The largest absolute Gasteiger partial charge is 0.466 e. The number of halogens is 2. The van der Waals surface area contributed by atoms with E-state index >= 15 is 0 Å². The van der Waals surface area contributed by atoms with Gasteiger partial charge in [-0.2, -0.15) is 0 Å². The zero-order valence-electron chi connectivity index (χ0n) is 8.43. The molecule has 0 bridgehead atoms. The van der Waals surface area contributed by atoms with Crippen LogP contribution in [0.2, 0.25) is 5.02 Å². The van der Waals surface area contributed by atoms with Crippen molar-refractivity contribution >= 4 is 17.6 Å². The van der Waals surface area contributed by atoms with Crippen LogP contribution in [0.1, 0.15) is 18.9 Å². The van der Waals surface area contributed by atoms with Gasteiger partial charge >= 0.3 is 5.97 Å². The number of carbonyl (C=O) groups excluding carboxylic acids is 1. The van der Waals surface area contributed by atoms with E-state index < -0.39 is 5.82 Å². The minimum atomic E-state index is -0.460. The second-order valence-electron chi connectivity index (χ2n) is 3.05. The molecule has 0 aliphatic heterocycles. The fourth-order valence-electron chi connectivity index (χ4n) is 1.17. The first-order valence-corrected chi connectivity index (χ1v) is 5.11. The van der Waals surface area contributed by atoms with E-state index in [-0.39, 0.29) is 17.4 Å². The minimum absolute atomic E-state index is 0.0925. The smallest absolute Gasteiger partial charge is 0.306 e. The molecule has 2 nitrogen and oxygen atoms in total. The second-order valence-corrected chi connectivity index (χ2v) is 3.46. The van der Waals surface area contributed by atoms with Gasteiger partial charge in [0.1, 0.15) is 5.82 Å². The van der Waals surface area contributed by atoms with Gasteiger partial charge in [0.05, 0.1) is 11.6 Å². The van der Waals surface area contributed by atoms with Crippen LogP contribution in [0, 0.1) is 5.82 Å². The van der Waals surface area contributed by atoms with Crippen molar-refractivity contribution in [2.24, 2.45) is 0 Å². The SMILES string of the molecule is CCOC(=O)CCc1ccc(Cl)c(F)c1. The predicted octanol–water partition coefficient (Wildman–Crippen LogP) is 2.97. The monoisotopic (exact) mass is 230 g/mol. The number of benzene rings is 1. The predicted molar refractivity (Wildman–Crippen MR) is 56.4 cm³/mol. The van der Waals surface area contributed by atoms with Gasteiger partial charge < -0.3 is 4.74 Å². The first-order valence-electron chi connectivity index (χ1n) is 4.73. The van der Waals surface area contributed by atoms with Crippen LogP contribution in [0.5, 0.6) is 0 Å². The van der Waals surface area contributed by atoms with Crippen LogP contribution in [-0.4, -0.2) is 12.6 Å². The maximum Gasteiger partial charge on any atom is 0.306 e. The Morgan fingerprint density at radius 1 is 1.53 bits per heavy atom. The summed E-state index contributed by atoms with van der Waals surface area (Å²) in [4.78, 5) is 11.0. The molecular formula is C11H12ClFO2. The van der Waals surface area contributed by atoms with Crippen LogP contribution in [-0.2, 0) is 16.0 Å². The normalized spacial score (nSPS) is 10.1. The lowest BCUT2D eigenvalue weighted by Crippen LogP contribution is -2.05. The van der Waals surface area contributed by atoms with Crippen LogP contribution in [0.3, 0.4) is 0 Å². The van der Waals surface area contributed by atoms with E-state index in [4.69, 9.17) is 16.3 Å². The zero-order chi connectivity index (χ0) is 11.3. The lowest BCUT2D eigenvalue weighted by atomic mass is 10.1. The van der Waals surface area contributed by atoms with Crippen molar-refractivity contribution in [3.63, 3.8) is 0 Å². The van der Waals surface area contributed by atoms with Crippen molar-refractivity contribution in [2.75, 3.05) is 6.61 Å². The fourth-order valence-corrected chi connectivity index (χ4v) is 1.29. The topological polar surface area (TPSA) is 26.3 Å². The summed E-state index contributed by atoms with van der Waals surface area (Å²) in [5.41, 5.74) is 0.741. The van der Waals surface area contributed by atoms with E-state index in [1.165, 1.54) is 12.1 Å². The third kappa shape index (κ3) is 3.88. The second kappa shape index (κ2) is 5.71. The molecule has 82 valence electrons. The fraction of sp³-hybridized carbons (Fsp3) is 0.364. The molecule has 0 atom stereocenters. The van der Waals surface area contributed by atoms with E-state index in [1.807, 2.05) is 0 Å². The summed E-state index contributed by atoms with van der Waals surface area (Å²) in [5, 5.41) is 0.0925. The Morgan fingerprint density at radius 2 is 2.27 bits per heavy atom. The Morgan fingerprint density at radius 3 is 2.87 bits per heavy atom. The molecular weight excluding hydrogens is 219 g/mol. The van der Waals surface area contributed by atoms with Gasteiger partial charge in [-0.25, -0.2) is 4.39 Å². The maximum atomic E-state index is 13.0. The van der Waals surface area contributed by atoms with E-state index in [1.54, 1.807) is 13.0 Å². The number of rotatable bonds is 4. The Balaban J connectivity index is 2.51. The molecule has 1 rings (SSSR count). The van der Waals surface area contributed by atoms with Gasteiger partial charge in [-0.15, -0.1) is 0 Å². The summed E-state index contributed by atoms with van der Waals surface area (Å²) in [6, 6.07) is 4.52. The lowest BCUT2D eigenvalue weighted by molar-refractivity contribution is -0.143. The highest BCUT2D eigenvalue weighted by molar-refractivity contribution is 6.30. The van der Waals surface area contributed by atoms with Crippen LogP contribution in [0.15, 0.2) is 18.2 Å². The first-order chi connectivity index (χ1) is 7.13. The Hall–Kier alpha value is -1.09. The van der Waals surface area contributed by atoms with Crippen LogP contribution >= 0.6 is 11.6 Å². The number of aryl methyl sites for hydroxylation is 1. The van der Waals surface area contributed by atoms with Crippen molar-refractivity contribution in [3.05, 3.63) is 34.6 Å². The molecule has 0 fully saturated rings. The molecule has 1 aromatic rings. The van der Waals surface area contributed by atoms with E-state index in [0.29, 0.717) is 13.0 Å². The molecule has 0 saturated heterocycles. The maximum absolute atomic E-state index is 13.0. The van der Waals surface area contributed by atoms with Gasteiger partial charge in [0.25, 0.3) is 0 Å². The van der Waals surface area contributed by atoms with E-state index in [0.717, 1.165) is 5.56 Å². The first kappa shape index (κ1) is 12.0. The third-order valence-electron chi connectivity index (χ3n) is 1.91. The molecule has 0 aromatic heterocycles. The zero-order valence-corrected chi connectivity index (χ0v) is 9.18. The van der Waals surface area contributed by atoms with E-state index in [2.05, 4.69) is 0 Å². The van der Waals surface area contributed by atoms with Crippen molar-refractivity contribution in [3.8, 4) is 0 Å². The number of hydrogen-bond donors (Lipinski definition) is 0. The Kier molecular flexibility index (Phi) is 4.56. The molecule has 0 spiro atoms. The van der Waals surface area contributed by atoms with Crippen LogP contribution in [0.4, 0.5) is 4.39 Å². The number of carbonyl (C=O) groups is 1. The molecule has 0 amide bonds. The van der Waals surface area contributed by atoms with Crippen LogP contribution < -0.4 is 0 Å². The minimum Gasteiger partial charge on any atom is -0.466 e. The molecule has 4 heteroatoms. The highest BCUT2D eigenvalue weighted by atomic mass is 35.5. The Labute approximate surface area is 93.0 Å². The van der Waals surface area contributed by atoms with Crippen molar-refractivity contribution in [1.29, 1.82) is 0 Å². The molecule has 0 N–H and O–H groups in total. The Bertz CT molecular complexity index is 352. The summed E-state index contributed by atoms with van der Waals surface area (Å²) in [6.07, 6.45) is 0.724. The molecule has 0 aliphatic carbocycles. The summed E-state index contributed by atoms with van der Waals surface area (Å²) < 4.78 is 17.8. The molecule has 0 unspecified atom stereocenters. The summed E-state index contributed by atoms with van der Waals surface area (Å²) in [6.45, 7) is 2.12. The van der Waals surface area contributed by atoms with Crippen LogP contribution in [0.25, 0.3) is 0 Å². The summed E-state index contributed by atoms with van der Waals surface area (Å²) >= 11 is 5.53. The third-order valence-corrected chi connectivity index (χ3v) is 2.21. The van der Waals surface area contributed by atoms with Crippen molar-refractivity contribution in [2.45, 2.75) is 19.8 Å². The molecule has 0 saturated carbocycles. The quantitative estimate of drug-likeness (QED) is 0.744. The average molecular weight is 231 g/mol. The van der Waals surface area contributed by atoms with Crippen molar-refractivity contribution in [1.82, 2.24) is 0 Å². The highest BCUT2D eigenvalue weighted by Gasteiger charge is 2.05. The summed E-state index contributed by atoms with van der Waals surface area (Å²) in [5.74, 6) is -0.731. The van der Waals surface area contributed by atoms with Gasteiger partial charge in [0.15, 0.2) is 0 Å². The number of hydrogen-bond acceptors (Lipinski definition) is 2. The average Bonchev–Trinajstić information content (AvgIpc) is 2.20. The van der Waals surface area contributed by atoms with Gasteiger partial charge in [-0.1, -0.05) is 17.7 Å².